The number of nitrogens with two attached hydrogens (primary N) is 1. The molecule has 5 nitrogen and oxygen atoms in total. The molecular formula is C12H14Cl2N4O. The van der Waals surface area contributed by atoms with Crippen molar-refractivity contribution in [3.8, 4) is 5.75 Å². The van der Waals surface area contributed by atoms with E-state index in [0.29, 0.717) is 28.2 Å². The fourth-order valence-electron chi connectivity index (χ4n) is 1.64. The number of hydrogen-bond donors (Lipinski definition) is 1. The first kappa shape index (κ1) is 14.1. The van der Waals surface area contributed by atoms with Gasteiger partial charge in [-0.2, -0.15) is 0 Å². The fraction of sp³-hybridized carbons (Fsp3) is 0.333. The number of rotatable bonds is 4. The minimum absolute atomic E-state index is 0.270. The van der Waals surface area contributed by atoms with Crippen LogP contribution in [0.2, 0.25) is 10.0 Å². The topological polar surface area (TPSA) is 66.0 Å². The largest absolute Gasteiger partial charge is 0.484 e. The van der Waals surface area contributed by atoms with Crippen LogP contribution < -0.4 is 10.5 Å². The van der Waals surface area contributed by atoms with Crippen LogP contribution in [0.1, 0.15) is 17.2 Å². The van der Waals surface area contributed by atoms with Gasteiger partial charge in [0.15, 0.2) is 5.82 Å². The van der Waals surface area contributed by atoms with Gasteiger partial charge in [0.2, 0.25) is 0 Å². The lowest BCUT2D eigenvalue weighted by atomic mass is 10.2. The zero-order chi connectivity index (χ0) is 14.0. The first-order valence-electron chi connectivity index (χ1n) is 5.68. The van der Waals surface area contributed by atoms with Crippen molar-refractivity contribution in [3.05, 3.63) is 39.4 Å². The van der Waals surface area contributed by atoms with E-state index < -0.39 is 0 Å². The average Bonchev–Trinajstić information content (AvgIpc) is 2.68. The second-order valence-electron chi connectivity index (χ2n) is 4.09. The predicted molar refractivity (Wildman–Crippen MR) is 74.4 cm³/mol. The lowest BCUT2D eigenvalue weighted by molar-refractivity contribution is 0.288. The molecule has 0 aliphatic rings. The van der Waals surface area contributed by atoms with Crippen LogP contribution in [-0.2, 0) is 20.2 Å². The molecule has 0 amide bonds. The minimum atomic E-state index is 0.270. The Kier molecular flexibility index (Phi) is 4.29. The maximum atomic E-state index is 6.12. The Balaban J connectivity index is 2.22. The Bertz CT molecular complexity index is 598. The molecule has 102 valence electrons. The number of halogens is 2. The maximum Gasteiger partial charge on any atom is 0.170 e. The van der Waals surface area contributed by atoms with Gasteiger partial charge in [0.1, 0.15) is 18.2 Å². The van der Waals surface area contributed by atoms with Crippen molar-refractivity contribution in [3.63, 3.8) is 0 Å². The molecule has 0 spiro atoms. The molecule has 0 aliphatic heterocycles. The maximum absolute atomic E-state index is 6.12. The van der Waals surface area contributed by atoms with Crippen molar-refractivity contribution in [1.29, 1.82) is 0 Å². The Morgan fingerprint density at radius 3 is 2.63 bits per heavy atom. The van der Waals surface area contributed by atoms with Gasteiger partial charge in [0.25, 0.3) is 0 Å². The number of aryl methyl sites for hydroxylation is 1. The van der Waals surface area contributed by atoms with Crippen LogP contribution >= 0.6 is 23.2 Å². The summed E-state index contributed by atoms with van der Waals surface area (Å²) in [5, 5.41) is 8.95. The number of nitrogens with zero attached hydrogens (tertiary/aromatic N) is 3. The van der Waals surface area contributed by atoms with Gasteiger partial charge >= 0.3 is 0 Å². The molecule has 0 radical (unpaired) electrons. The van der Waals surface area contributed by atoms with Gasteiger partial charge in [-0.15, -0.1) is 10.2 Å². The van der Waals surface area contributed by atoms with Crippen LogP contribution in [0.3, 0.4) is 0 Å². The molecule has 2 N–H and O–H groups in total. The van der Waals surface area contributed by atoms with Crippen LogP contribution in [0.25, 0.3) is 0 Å². The number of benzene rings is 1. The summed E-state index contributed by atoms with van der Waals surface area (Å²) < 4.78 is 7.55. The summed E-state index contributed by atoms with van der Waals surface area (Å²) in [6.07, 6.45) is 0. The van der Waals surface area contributed by atoms with Gasteiger partial charge in [-0.05, 0) is 19.1 Å². The SMILES string of the molecule is Cc1nnc(COc2c(Cl)cc(Cl)cc2CN)n1C. The molecule has 1 aromatic carbocycles. The summed E-state index contributed by atoms with van der Waals surface area (Å²) in [6, 6.07) is 3.37. The molecule has 0 aliphatic carbocycles. The zero-order valence-corrected chi connectivity index (χ0v) is 12.2. The van der Waals surface area contributed by atoms with E-state index in [1.54, 1.807) is 12.1 Å². The molecule has 0 saturated carbocycles. The lowest BCUT2D eigenvalue weighted by Gasteiger charge is -2.12. The van der Waals surface area contributed by atoms with Crippen molar-refractivity contribution < 1.29 is 4.74 Å². The Hall–Kier alpha value is -1.30. The third-order valence-corrected chi connectivity index (χ3v) is 3.33. The molecule has 0 saturated heterocycles. The zero-order valence-electron chi connectivity index (χ0n) is 10.7. The second-order valence-corrected chi connectivity index (χ2v) is 4.93. The molecule has 19 heavy (non-hydrogen) atoms. The highest BCUT2D eigenvalue weighted by Crippen LogP contribution is 2.32. The second kappa shape index (κ2) is 5.77. The standard InChI is InChI=1S/C12H14Cl2N4O/c1-7-16-17-11(18(7)2)6-19-12-8(5-15)3-9(13)4-10(12)14/h3-4H,5-6,15H2,1-2H3. The van der Waals surface area contributed by atoms with Gasteiger partial charge in [-0.3, -0.25) is 0 Å². The number of ether oxygens (including phenoxy) is 1. The predicted octanol–water partition coefficient (Wildman–Crippen LogP) is 2.47. The third-order valence-electron chi connectivity index (χ3n) is 2.83. The first-order chi connectivity index (χ1) is 9.02. The van der Waals surface area contributed by atoms with Crippen molar-refractivity contribution >= 4 is 23.2 Å². The Morgan fingerprint density at radius 1 is 1.32 bits per heavy atom. The van der Waals surface area contributed by atoms with E-state index in [-0.39, 0.29) is 6.61 Å². The van der Waals surface area contributed by atoms with Gasteiger partial charge in [-0.25, -0.2) is 0 Å². The highest BCUT2D eigenvalue weighted by atomic mass is 35.5. The van der Waals surface area contributed by atoms with E-state index in [9.17, 15) is 0 Å². The van der Waals surface area contributed by atoms with Crippen molar-refractivity contribution in [2.45, 2.75) is 20.1 Å². The lowest BCUT2D eigenvalue weighted by Crippen LogP contribution is -2.07. The van der Waals surface area contributed by atoms with E-state index in [0.717, 1.165) is 11.4 Å². The summed E-state index contributed by atoms with van der Waals surface area (Å²) in [7, 11) is 1.88. The van der Waals surface area contributed by atoms with Crippen LogP contribution in [-0.4, -0.2) is 14.8 Å². The van der Waals surface area contributed by atoms with E-state index >= 15 is 0 Å². The summed E-state index contributed by atoms with van der Waals surface area (Å²) in [6.45, 7) is 2.44. The minimum Gasteiger partial charge on any atom is -0.484 e. The molecule has 2 aromatic rings. The molecule has 1 heterocycles. The Morgan fingerprint density at radius 2 is 2.05 bits per heavy atom. The van der Waals surface area contributed by atoms with E-state index in [1.165, 1.54) is 0 Å². The fourth-order valence-corrected chi connectivity index (χ4v) is 2.23. The van der Waals surface area contributed by atoms with Crippen LogP contribution in [0.4, 0.5) is 0 Å². The Labute approximate surface area is 121 Å². The van der Waals surface area contributed by atoms with Crippen LogP contribution in [0.5, 0.6) is 5.75 Å². The first-order valence-corrected chi connectivity index (χ1v) is 6.44. The monoisotopic (exact) mass is 300 g/mol. The number of aromatic nitrogens is 3. The highest BCUT2D eigenvalue weighted by molar-refractivity contribution is 6.35. The van der Waals surface area contributed by atoms with Gasteiger partial charge < -0.3 is 15.0 Å². The summed E-state index contributed by atoms with van der Waals surface area (Å²) >= 11 is 12.0. The average molecular weight is 301 g/mol. The van der Waals surface area contributed by atoms with Gasteiger partial charge in [-0.1, -0.05) is 23.2 Å². The van der Waals surface area contributed by atoms with Crippen LogP contribution in [0, 0.1) is 6.92 Å². The summed E-state index contributed by atoms with van der Waals surface area (Å²) in [5.74, 6) is 2.07. The van der Waals surface area contributed by atoms with E-state index in [1.807, 2.05) is 18.5 Å². The van der Waals surface area contributed by atoms with Gasteiger partial charge in [0.05, 0.1) is 5.02 Å². The molecule has 2 rings (SSSR count). The van der Waals surface area contributed by atoms with E-state index in [4.69, 9.17) is 33.7 Å². The molecule has 7 heteroatoms. The van der Waals surface area contributed by atoms with E-state index in [2.05, 4.69) is 10.2 Å². The highest BCUT2D eigenvalue weighted by Gasteiger charge is 2.12. The molecule has 0 atom stereocenters. The van der Waals surface area contributed by atoms with Crippen molar-refractivity contribution in [2.75, 3.05) is 0 Å². The number of hydrogen-bond acceptors (Lipinski definition) is 4. The van der Waals surface area contributed by atoms with Gasteiger partial charge in [0, 0.05) is 24.2 Å². The normalized spacial score (nSPS) is 10.8. The molecular weight excluding hydrogens is 287 g/mol. The summed E-state index contributed by atoms with van der Waals surface area (Å²) in [4.78, 5) is 0. The quantitative estimate of drug-likeness (QED) is 0.942. The molecule has 0 bridgehead atoms. The van der Waals surface area contributed by atoms with Crippen LogP contribution in [0.15, 0.2) is 12.1 Å². The molecule has 1 aromatic heterocycles. The smallest absolute Gasteiger partial charge is 0.170 e. The summed E-state index contributed by atoms with van der Waals surface area (Å²) in [5.41, 5.74) is 6.42. The van der Waals surface area contributed by atoms with Crippen molar-refractivity contribution in [2.24, 2.45) is 12.8 Å². The third kappa shape index (κ3) is 3.00. The molecule has 0 unspecified atom stereocenters. The molecule has 0 fully saturated rings. The van der Waals surface area contributed by atoms with Crippen molar-refractivity contribution in [1.82, 2.24) is 14.8 Å².